The number of rotatable bonds is 3. The number of benzene rings is 1. The van der Waals surface area contributed by atoms with Gasteiger partial charge in [-0.05, 0) is 37.6 Å². The highest BCUT2D eigenvalue weighted by atomic mass is 35.5. The van der Waals surface area contributed by atoms with E-state index < -0.39 is 0 Å². The number of halogens is 2. The SMILES string of the molecule is CC[C@@H](c1ccc(Cl)cc1F)N1C[C@H]2COc3c(c4nc(C#N)ccc4n(C)c3=O)N2C[C@H]1C. The highest BCUT2D eigenvalue weighted by Gasteiger charge is 2.41. The Balaban J connectivity index is 1.57. The van der Waals surface area contributed by atoms with Gasteiger partial charge >= 0.3 is 0 Å². The zero-order valence-electron chi connectivity index (χ0n) is 19.3. The molecule has 9 heteroatoms. The Labute approximate surface area is 201 Å². The van der Waals surface area contributed by atoms with Gasteiger partial charge in [0.05, 0.1) is 11.6 Å². The van der Waals surface area contributed by atoms with Gasteiger partial charge in [0.1, 0.15) is 35.4 Å². The Kier molecular flexibility index (Phi) is 5.70. The van der Waals surface area contributed by atoms with Gasteiger partial charge in [-0.1, -0.05) is 24.6 Å². The first kappa shape index (κ1) is 22.6. The molecule has 3 atom stereocenters. The van der Waals surface area contributed by atoms with E-state index in [9.17, 15) is 14.4 Å². The number of aryl methyl sites for hydroxylation is 1. The highest BCUT2D eigenvalue weighted by Crippen LogP contribution is 2.41. The number of aromatic nitrogens is 2. The molecule has 0 N–H and O–H groups in total. The van der Waals surface area contributed by atoms with Crippen LogP contribution in [0.5, 0.6) is 5.75 Å². The van der Waals surface area contributed by atoms with Gasteiger partial charge in [-0.25, -0.2) is 9.37 Å². The second-order valence-corrected chi connectivity index (χ2v) is 9.41. The van der Waals surface area contributed by atoms with E-state index in [0.29, 0.717) is 47.0 Å². The van der Waals surface area contributed by atoms with E-state index in [1.54, 1.807) is 31.3 Å². The molecule has 1 fully saturated rings. The van der Waals surface area contributed by atoms with Gasteiger partial charge < -0.3 is 14.2 Å². The third-order valence-electron chi connectivity index (χ3n) is 6.99. The fourth-order valence-corrected chi connectivity index (χ4v) is 5.48. The van der Waals surface area contributed by atoms with Crippen LogP contribution < -0.4 is 15.2 Å². The molecule has 0 radical (unpaired) electrons. The minimum absolute atomic E-state index is 0.0454. The number of fused-ring (bicyclic) bond motifs is 5. The van der Waals surface area contributed by atoms with Crippen molar-refractivity contribution in [2.75, 3.05) is 24.6 Å². The maximum absolute atomic E-state index is 14.8. The minimum Gasteiger partial charge on any atom is -0.484 e. The van der Waals surface area contributed by atoms with Gasteiger partial charge in [0.25, 0.3) is 5.56 Å². The minimum atomic E-state index is -0.304. The molecule has 2 aliphatic heterocycles. The topological polar surface area (TPSA) is 74.4 Å². The van der Waals surface area contributed by atoms with Crippen molar-refractivity contribution in [3.63, 3.8) is 0 Å². The Morgan fingerprint density at radius 2 is 2.12 bits per heavy atom. The number of nitriles is 1. The van der Waals surface area contributed by atoms with Crippen molar-refractivity contribution in [1.82, 2.24) is 14.5 Å². The molecule has 7 nitrogen and oxygen atoms in total. The predicted octanol–water partition coefficient (Wildman–Crippen LogP) is 4.02. The maximum Gasteiger partial charge on any atom is 0.295 e. The predicted molar refractivity (Wildman–Crippen MR) is 129 cm³/mol. The molecule has 34 heavy (non-hydrogen) atoms. The molecule has 0 saturated carbocycles. The number of anilines is 1. The van der Waals surface area contributed by atoms with Crippen LogP contribution in [-0.4, -0.2) is 46.2 Å². The van der Waals surface area contributed by atoms with E-state index in [2.05, 4.69) is 34.7 Å². The van der Waals surface area contributed by atoms with Crippen LogP contribution in [0.15, 0.2) is 35.1 Å². The van der Waals surface area contributed by atoms with E-state index in [-0.39, 0.29) is 40.9 Å². The van der Waals surface area contributed by atoms with Gasteiger partial charge in [0, 0.05) is 42.8 Å². The van der Waals surface area contributed by atoms with E-state index >= 15 is 0 Å². The molecule has 1 saturated heterocycles. The van der Waals surface area contributed by atoms with Crippen LogP contribution in [0.1, 0.15) is 37.6 Å². The van der Waals surface area contributed by atoms with E-state index in [1.165, 1.54) is 10.6 Å². The quantitative estimate of drug-likeness (QED) is 0.562. The van der Waals surface area contributed by atoms with Crippen LogP contribution in [0, 0.1) is 17.1 Å². The largest absolute Gasteiger partial charge is 0.484 e. The highest BCUT2D eigenvalue weighted by molar-refractivity contribution is 6.30. The fourth-order valence-electron chi connectivity index (χ4n) is 5.32. The van der Waals surface area contributed by atoms with E-state index in [0.717, 1.165) is 6.42 Å². The van der Waals surface area contributed by atoms with Crippen LogP contribution in [0.25, 0.3) is 11.0 Å². The number of piperazine rings is 1. The summed E-state index contributed by atoms with van der Waals surface area (Å²) in [4.78, 5) is 22.1. The second kappa shape index (κ2) is 8.57. The third-order valence-corrected chi connectivity index (χ3v) is 7.23. The molecule has 4 heterocycles. The molecule has 0 amide bonds. The summed E-state index contributed by atoms with van der Waals surface area (Å²) < 4.78 is 22.3. The van der Waals surface area contributed by atoms with Crippen molar-refractivity contribution in [3.05, 3.63) is 62.8 Å². The maximum atomic E-state index is 14.8. The molecule has 1 aromatic carbocycles. The first-order chi connectivity index (χ1) is 16.3. The Bertz CT molecular complexity index is 1380. The number of hydrogen-bond acceptors (Lipinski definition) is 6. The smallest absolute Gasteiger partial charge is 0.295 e. The third kappa shape index (κ3) is 3.51. The van der Waals surface area contributed by atoms with Crippen molar-refractivity contribution in [2.24, 2.45) is 7.05 Å². The van der Waals surface area contributed by atoms with Gasteiger partial charge in [-0.3, -0.25) is 9.69 Å². The molecule has 0 bridgehead atoms. The number of ether oxygens (including phenoxy) is 1. The summed E-state index contributed by atoms with van der Waals surface area (Å²) in [5.41, 5.74) is 2.56. The van der Waals surface area contributed by atoms with Crippen molar-refractivity contribution >= 4 is 28.3 Å². The summed E-state index contributed by atoms with van der Waals surface area (Å²) in [6.45, 7) is 5.76. The van der Waals surface area contributed by atoms with Gasteiger partial charge in [-0.2, -0.15) is 5.26 Å². The van der Waals surface area contributed by atoms with Crippen LogP contribution in [-0.2, 0) is 7.05 Å². The average Bonchev–Trinajstić information content (AvgIpc) is 2.83. The Morgan fingerprint density at radius 1 is 1.32 bits per heavy atom. The van der Waals surface area contributed by atoms with Gasteiger partial charge in [-0.15, -0.1) is 0 Å². The van der Waals surface area contributed by atoms with E-state index in [1.807, 2.05) is 0 Å². The van der Waals surface area contributed by atoms with E-state index in [4.69, 9.17) is 16.3 Å². The van der Waals surface area contributed by atoms with Gasteiger partial charge in [0.2, 0.25) is 5.75 Å². The number of nitrogens with zero attached hydrogens (tertiary/aromatic N) is 5. The molecule has 0 unspecified atom stereocenters. The number of pyridine rings is 2. The monoisotopic (exact) mass is 481 g/mol. The molecule has 0 spiro atoms. The van der Waals surface area contributed by atoms with Crippen LogP contribution >= 0.6 is 11.6 Å². The first-order valence-corrected chi connectivity index (χ1v) is 11.8. The van der Waals surface area contributed by atoms with Crippen LogP contribution in [0.4, 0.5) is 10.1 Å². The van der Waals surface area contributed by atoms with Crippen LogP contribution in [0.2, 0.25) is 5.02 Å². The fraction of sp³-hybridized carbons (Fsp3) is 0.400. The summed E-state index contributed by atoms with van der Waals surface area (Å²) in [5, 5.41) is 9.78. The Morgan fingerprint density at radius 3 is 2.82 bits per heavy atom. The normalized spacial score (nSPS) is 20.9. The second-order valence-electron chi connectivity index (χ2n) is 8.97. The first-order valence-electron chi connectivity index (χ1n) is 11.4. The molecule has 5 rings (SSSR count). The lowest BCUT2D eigenvalue weighted by Gasteiger charge is -2.50. The van der Waals surface area contributed by atoms with Crippen molar-refractivity contribution < 1.29 is 9.13 Å². The van der Waals surface area contributed by atoms with Crippen molar-refractivity contribution in [3.8, 4) is 11.8 Å². The molecule has 2 aliphatic rings. The Hall–Kier alpha value is -3.15. The molecule has 0 aliphatic carbocycles. The van der Waals surface area contributed by atoms with Gasteiger partial charge in [0.15, 0.2) is 0 Å². The summed E-state index contributed by atoms with van der Waals surface area (Å²) in [6.07, 6.45) is 0.740. The lowest BCUT2D eigenvalue weighted by Crippen LogP contribution is -2.61. The standard InChI is InChI=1S/C25H25ClFN5O2/c1-4-20(18-7-5-15(26)9-19(18)27)31-12-17-13-34-24-23(32(17)11-14(31)2)22-21(30(3)25(24)33)8-6-16(10-28)29-22/h5-9,14,17,20H,4,11-13H2,1-3H3/t14-,17+,20+/m1/s1. The average molecular weight is 482 g/mol. The zero-order valence-corrected chi connectivity index (χ0v) is 20.0. The molecule has 176 valence electrons. The molecule has 2 aromatic heterocycles. The molecular weight excluding hydrogens is 457 g/mol. The summed E-state index contributed by atoms with van der Waals surface area (Å²) in [5.74, 6) is -0.0350. The molecule has 3 aromatic rings. The number of hydrogen-bond donors (Lipinski definition) is 0. The van der Waals surface area contributed by atoms with Crippen molar-refractivity contribution in [1.29, 1.82) is 5.26 Å². The van der Waals surface area contributed by atoms with Crippen LogP contribution in [0.3, 0.4) is 0 Å². The summed E-state index contributed by atoms with van der Waals surface area (Å²) >= 11 is 5.98. The lowest BCUT2D eigenvalue weighted by atomic mass is 9.96. The zero-order chi connectivity index (χ0) is 24.1. The lowest BCUT2D eigenvalue weighted by molar-refractivity contribution is 0.0807. The van der Waals surface area contributed by atoms with Crippen molar-refractivity contribution in [2.45, 2.75) is 38.4 Å². The summed E-state index contributed by atoms with van der Waals surface area (Å²) in [7, 11) is 1.68. The molecular formula is C25H25ClFN5O2. The summed E-state index contributed by atoms with van der Waals surface area (Å²) in [6, 6.07) is 10.2.